The molecule has 2 atom stereocenters. The Morgan fingerprint density at radius 3 is 2.25 bits per heavy atom. The smallest absolute Gasteiger partial charge is 0.267 e. The quantitative estimate of drug-likeness (QED) is 0.694. The van der Waals surface area contributed by atoms with Gasteiger partial charge in [-0.25, -0.2) is 0 Å². The minimum atomic E-state index is -3.77. The highest BCUT2D eigenvalue weighted by Gasteiger charge is 2.51. The molecule has 0 unspecified atom stereocenters. The van der Waals surface area contributed by atoms with Crippen LogP contribution in [-0.4, -0.2) is 17.5 Å². The van der Waals surface area contributed by atoms with E-state index in [4.69, 9.17) is 4.52 Å². The summed E-state index contributed by atoms with van der Waals surface area (Å²) >= 11 is 3.34. The van der Waals surface area contributed by atoms with Crippen LogP contribution in [0.3, 0.4) is 0 Å². The summed E-state index contributed by atoms with van der Waals surface area (Å²) in [5.74, 6) is -0.267. The number of Topliss-reactive ketones (excluding diaryl/α,β-unsaturated/α-hetero) is 1. The minimum Gasteiger partial charge on any atom is -0.374 e. The molecule has 0 saturated carbocycles. The molecule has 0 aliphatic rings. The summed E-state index contributed by atoms with van der Waals surface area (Å²) in [5.41, 5.74) is 0.390. The van der Waals surface area contributed by atoms with Crippen LogP contribution < -0.4 is 5.30 Å². The molecule has 2 aromatic rings. The first kappa shape index (κ1) is 19.1. The van der Waals surface area contributed by atoms with Crippen LogP contribution in [0.25, 0.3) is 0 Å². The van der Waals surface area contributed by atoms with Gasteiger partial charge in [-0.2, -0.15) is 0 Å². The van der Waals surface area contributed by atoms with Gasteiger partial charge in [0, 0.05) is 16.2 Å². The van der Waals surface area contributed by atoms with Gasteiger partial charge in [0.25, 0.3) is 7.37 Å². The van der Waals surface area contributed by atoms with Crippen molar-refractivity contribution in [2.75, 3.05) is 6.61 Å². The van der Waals surface area contributed by atoms with Gasteiger partial charge in [0.1, 0.15) is 5.78 Å². The molecule has 24 heavy (non-hydrogen) atoms. The number of hydrogen-bond acceptors (Lipinski definition) is 4. The molecule has 0 aliphatic heterocycles. The zero-order valence-corrected chi connectivity index (χ0v) is 16.1. The minimum absolute atomic E-state index is 0.156. The predicted octanol–water partition coefficient (Wildman–Crippen LogP) is 4.21. The molecule has 0 fully saturated rings. The summed E-state index contributed by atoms with van der Waals surface area (Å²) in [4.78, 5) is 11.8. The highest BCUT2D eigenvalue weighted by Crippen LogP contribution is 2.63. The molecule has 0 heterocycles. The summed E-state index contributed by atoms with van der Waals surface area (Å²) in [5, 5.41) is 9.89. The van der Waals surface area contributed by atoms with Crippen LogP contribution in [0.15, 0.2) is 59.1 Å². The maximum absolute atomic E-state index is 13.8. The van der Waals surface area contributed by atoms with E-state index in [9.17, 15) is 14.5 Å². The summed E-state index contributed by atoms with van der Waals surface area (Å²) in [7, 11) is -3.77. The van der Waals surface area contributed by atoms with Gasteiger partial charge in [-0.15, -0.1) is 0 Å². The highest BCUT2D eigenvalue weighted by molar-refractivity contribution is 9.10. The lowest BCUT2D eigenvalue weighted by Gasteiger charge is -2.35. The zero-order chi connectivity index (χ0) is 17.8. The van der Waals surface area contributed by atoms with E-state index in [1.807, 2.05) is 0 Å². The molecule has 4 nitrogen and oxygen atoms in total. The van der Waals surface area contributed by atoms with Gasteiger partial charge in [-0.1, -0.05) is 46.3 Å². The van der Waals surface area contributed by atoms with Crippen LogP contribution in [0.2, 0.25) is 0 Å². The molecule has 2 aromatic carbocycles. The second-order valence-electron chi connectivity index (χ2n) is 5.51. The number of carbonyl (C=O) groups is 1. The number of carbonyl (C=O) groups excluding carboxylic acids is 1. The Kier molecular flexibility index (Phi) is 6.16. The van der Waals surface area contributed by atoms with Crippen molar-refractivity contribution in [2.24, 2.45) is 0 Å². The van der Waals surface area contributed by atoms with E-state index in [2.05, 4.69) is 15.9 Å². The number of aliphatic hydroxyl groups is 1. The zero-order valence-electron chi connectivity index (χ0n) is 13.6. The lowest BCUT2D eigenvalue weighted by Crippen LogP contribution is -2.34. The van der Waals surface area contributed by atoms with Crippen LogP contribution in [0.4, 0.5) is 0 Å². The number of benzene rings is 2. The van der Waals surface area contributed by atoms with Gasteiger partial charge >= 0.3 is 0 Å². The highest BCUT2D eigenvalue weighted by atomic mass is 79.9. The normalized spacial score (nSPS) is 16.2. The molecule has 0 saturated heterocycles. The lowest BCUT2D eigenvalue weighted by atomic mass is 10.0. The molecule has 2 rings (SSSR count). The Bertz CT molecular complexity index is 745. The molecule has 0 spiro atoms. The van der Waals surface area contributed by atoms with Crippen molar-refractivity contribution < 1.29 is 19.0 Å². The monoisotopic (exact) mass is 410 g/mol. The second-order valence-corrected chi connectivity index (χ2v) is 9.04. The van der Waals surface area contributed by atoms with Gasteiger partial charge in [0.2, 0.25) is 0 Å². The van der Waals surface area contributed by atoms with Gasteiger partial charge in [-0.05, 0) is 43.7 Å². The first-order chi connectivity index (χ1) is 11.3. The number of ketones is 1. The average Bonchev–Trinajstić information content (AvgIpc) is 2.55. The number of halogens is 1. The predicted molar refractivity (Wildman–Crippen MR) is 98.6 cm³/mol. The van der Waals surface area contributed by atoms with Gasteiger partial charge in [-0.3, -0.25) is 9.36 Å². The third kappa shape index (κ3) is 3.70. The summed E-state index contributed by atoms with van der Waals surface area (Å²) < 4.78 is 20.3. The molecule has 0 bridgehead atoms. The maximum Gasteiger partial charge on any atom is 0.267 e. The molecule has 1 N–H and O–H groups in total. The van der Waals surface area contributed by atoms with Crippen molar-refractivity contribution in [3.63, 3.8) is 0 Å². The van der Waals surface area contributed by atoms with Crippen LogP contribution in [0, 0.1) is 0 Å². The lowest BCUT2D eigenvalue weighted by molar-refractivity contribution is -0.120. The van der Waals surface area contributed by atoms with E-state index in [0.717, 1.165) is 4.47 Å². The van der Waals surface area contributed by atoms with Crippen molar-refractivity contribution in [3.8, 4) is 0 Å². The molecule has 0 radical (unpaired) electrons. The molecule has 6 heteroatoms. The van der Waals surface area contributed by atoms with E-state index in [1.54, 1.807) is 61.5 Å². The third-order valence-corrected chi connectivity index (χ3v) is 7.21. The Hall–Kier alpha value is -1.26. The Balaban J connectivity index is 2.69. The fraction of sp³-hybridized carbons (Fsp3) is 0.278. The Labute approximate surface area is 150 Å². The van der Waals surface area contributed by atoms with E-state index < -0.39 is 12.7 Å². The molecule has 0 amide bonds. The molecule has 0 aromatic heterocycles. The van der Waals surface area contributed by atoms with Gasteiger partial charge in [0.05, 0.1) is 6.61 Å². The maximum atomic E-state index is 13.8. The summed E-state index contributed by atoms with van der Waals surface area (Å²) in [6.07, 6.45) is -0.291. The SMILES string of the molecule is CCO[P@@](=O)(c1ccccc1)[C@@](O)(CC(C)=O)c1ccc(Br)cc1. The molecular formula is C18H20BrO4P. The van der Waals surface area contributed by atoms with E-state index in [1.165, 1.54) is 6.92 Å². The van der Waals surface area contributed by atoms with Crippen LogP contribution in [0.5, 0.6) is 0 Å². The van der Waals surface area contributed by atoms with Crippen molar-refractivity contribution >= 4 is 34.4 Å². The second kappa shape index (κ2) is 7.75. The fourth-order valence-electron chi connectivity index (χ4n) is 2.64. The number of rotatable bonds is 7. The van der Waals surface area contributed by atoms with E-state index >= 15 is 0 Å². The Morgan fingerprint density at radius 2 is 1.75 bits per heavy atom. The van der Waals surface area contributed by atoms with Gasteiger partial charge < -0.3 is 9.63 Å². The summed E-state index contributed by atoms with van der Waals surface area (Å²) in [6.45, 7) is 3.24. The molecular weight excluding hydrogens is 391 g/mol. The van der Waals surface area contributed by atoms with Gasteiger partial charge in [0.15, 0.2) is 5.34 Å². The standard InChI is InChI=1S/C18H20BrO4P/c1-3-23-24(22,17-7-5-4-6-8-17)18(21,13-14(2)20)15-9-11-16(19)12-10-15/h4-12,21H,3,13H2,1-2H3/t18-,24-/m0/s1. The van der Waals surface area contributed by atoms with Crippen LogP contribution in [-0.2, 0) is 19.2 Å². The Morgan fingerprint density at radius 1 is 1.17 bits per heavy atom. The van der Waals surface area contributed by atoms with Crippen LogP contribution in [0.1, 0.15) is 25.8 Å². The first-order valence-corrected chi connectivity index (χ1v) is 10.0. The number of hydrogen-bond donors (Lipinski definition) is 1. The summed E-state index contributed by atoms with van der Waals surface area (Å²) in [6, 6.07) is 15.4. The van der Waals surface area contributed by atoms with E-state index in [0.29, 0.717) is 10.9 Å². The topological polar surface area (TPSA) is 63.6 Å². The molecule has 0 aliphatic carbocycles. The van der Waals surface area contributed by atoms with E-state index in [-0.39, 0.29) is 18.8 Å². The fourth-order valence-corrected chi connectivity index (χ4v) is 5.54. The van der Waals surface area contributed by atoms with Crippen molar-refractivity contribution in [2.45, 2.75) is 25.6 Å². The van der Waals surface area contributed by atoms with Crippen molar-refractivity contribution in [1.29, 1.82) is 0 Å². The third-order valence-electron chi connectivity index (χ3n) is 3.70. The first-order valence-electron chi connectivity index (χ1n) is 7.61. The van der Waals surface area contributed by atoms with Crippen molar-refractivity contribution in [3.05, 3.63) is 64.6 Å². The average molecular weight is 411 g/mol. The van der Waals surface area contributed by atoms with Crippen molar-refractivity contribution in [1.82, 2.24) is 0 Å². The van der Waals surface area contributed by atoms with Crippen LogP contribution >= 0.6 is 23.3 Å². The largest absolute Gasteiger partial charge is 0.374 e. The molecule has 128 valence electrons.